The Labute approximate surface area is 271 Å². The molecule has 4 rings (SSSR count). The molecule has 2 aliphatic rings. The Balaban J connectivity index is 1.17. The van der Waals surface area contributed by atoms with E-state index in [1.54, 1.807) is 6.20 Å². The van der Waals surface area contributed by atoms with E-state index in [1.807, 2.05) is 20.8 Å². The third-order valence-corrected chi connectivity index (χ3v) is 8.45. The SMILES string of the molecule is CC[C@H]1O[C@@H](n2cc(-c3cn(CCOCCOCCOC4OC(COC(C)=O)C(C)C(C)C4NC(C)=O)nn3)c(=O)[nH]c2=O)CC1O. The number of hydrogen-bond acceptors (Lipinski definition) is 13. The van der Waals surface area contributed by atoms with Gasteiger partial charge in [0, 0.05) is 26.5 Å². The number of aliphatic hydroxyl groups excluding tert-OH is 1. The molecule has 2 saturated heterocycles. The minimum Gasteiger partial charge on any atom is -0.463 e. The smallest absolute Gasteiger partial charge is 0.330 e. The molecule has 0 radical (unpaired) electrons. The Morgan fingerprint density at radius 1 is 1.04 bits per heavy atom. The number of hydrogen-bond donors (Lipinski definition) is 3. The topological polar surface area (TPSA) is 207 Å². The molecule has 17 heteroatoms. The van der Waals surface area contributed by atoms with E-state index in [-0.39, 0.29) is 73.5 Å². The van der Waals surface area contributed by atoms with Crippen molar-refractivity contribution in [2.45, 2.75) is 90.9 Å². The molecule has 1 amide bonds. The van der Waals surface area contributed by atoms with Gasteiger partial charge in [0.15, 0.2) is 6.29 Å². The zero-order valence-corrected chi connectivity index (χ0v) is 27.5. The number of nitrogens with one attached hydrogen (secondary N) is 2. The number of aromatic nitrogens is 5. The number of aromatic amines is 1. The fraction of sp³-hybridized carbons (Fsp3) is 0.733. The highest BCUT2D eigenvalue weighted by molar-refractivity contribution is 5.73. The van der Waals surface area contributed by atoms with Crippen LogP contribution in [0, 0.1) is 11.8 Å². The number of aliphatic hydroxyl groups is 1. The van der Waals surface area contributed by atoms with Crippen molar-refractivity contribution < 1.29 is 43.1 Å². The highest BCUT2D eigenvalue weighted by Crippen LogP contribution is 2.32. The fourth-order valence-corrected chi connectivity index (χ4v) is 5.63. The lowest BCUT2D eigenvalue weighted by atomic mass is 9.82. The molecular formula is C30H46N6O11. The van der Waals surface area contributed by atoms with E-state index in [4.69, 9.17) is 28.4 Å². The molecule has 2 aromatic heterocycles. The Hall–Kier alpha value is -3.48. The number of ether oxygens (including phenoxy) is 6. The number of rotatable bonds is 16. The van der Waals surface area contributed by atoms with Crippen LogP contribution in [0.1, 0.15) is 53.7 Å². The highest BCUT2D eigenvalue weighted by Gasteiger charge is 2.43. The second-order valence-electron chi connectivity index (χ2n) is 11.8. The number of esters is 1. The van der Waals surface area contributed by atoms with E-state index < -0.39 is 35.8 Å². The summed E-state index contributed by atoms with van der Waals surface area (Å²) in [5.74, 6) is -0.555. The summed E-state index contributed by atoms with van der Waals surface area (Å²) in [4.78, 5) is 50.3. The normalized spacial score (nSPS) is 27.5. The lowest BCUT2D eigenvalue weighted by molar-refractivity contribution is -0.247. The van der Waals surface area contributed by atoms with Crippen LogP contribution in [0.2, 0.25) is 0 Å². The Morgan fingerprint density at radius 2 is 1.77 bits per heavy atom. The summed E-state index contributed by atoms with van der Waals surface area (Å²) in [5, 5.41) is 21.2. The number of nitrogens with zero attached hydrogens (tertiary/aromatic N) is 4. The van der Waals surface area contributed by atoms with Gasteiger partial charge in [-0.3, -0.25) is 23.9 Å². The van der Waals surface area contributed by atoms with E-state index >= 15 is 0 Å². The molecule has 0 aromatic carbocycles. The average Bonchev–Trinajstić information content (AvgIpc) is 3.64. The quantitative estimate of drug-likeness (QED) is 0.159. The summed E-state index contributed by atoms with van der Waals surface area (Å²) in [7, 11) is 0. The third-order valence-electron chi connectivity index (χ3n) is 8.45. The van der Waals surface area contributed by atoms with Gasteiger partial charge in [-0.1, -0.05) is 26.0 Å². The van der Waals surface area contributed by atoms with Crippen molar-refractivity contribution in [2.75, 3.05) is 39.6 Å². The predicted molar refractivity (Wildman–Crippen MR) is 164 cm³/mol. The monoisotopic (exact) mass is 666 g/mol. The van der Waals surface area contributed by atoms with Crippen molar-refractivity contribution in [2.24, 2.45) is 11.8 Å². The highest BCUT2D eigenvalue weighted by atomic mass is 16.7. The minimum absolute atomic E-state index is 0.0132. The van der Waals surface area contributed by atoms with E-state index in [2.05, 4.69) is 20.6 Å². The number of carbonyl (C=O) groups excluding carboxylic acids is 2. The summed E-state index contributed by atoms with van der Waals surface area (Å²) in [6.07, 6.45) is 0.905. The zero-order valence-electron chi connectivity index (χ0n) is 27.5. The first-order valence-corrected chi connectivity index (χ1v) is 15.9. The second-order valence-corrected chi connectivity index (χ2v) is 11.8. The molecule has 0 aliphatic carbocycles. The van der Waals surface area contributed by atoms with Gasteiger partial charge in [0.05, 0.1) is 75.7 Å². The average molecular weight is 667 g/mol. The van der Waals surface area contributed by atoms with E-state index in [0.717, 1.165) is 0 Å². The van der Waals surface area contributed by atoms with Crippen LogP contribution in [0.15, 0.2) is 22.0 Å². The molecule has 17 nitrogen and oxygen atoms in total. The molecular weight excluding hydrogens is 620 g/mol. The number of H-pyrrole nitrogens is 1. The van der Waals surface area contributed by atoms with Crippen molar-refractivity contribution in [1.29, 1.82) is 0 Å². The van der Waals surface area contributed by atoms with Crippen molar-refractivity contribution in [3.63, 3.8) is 0 Å². The van der Waals surface area contributed by atoms with Gasteiger partial charge in [0.1, 0.15) is 18.5 Å². The van der Waals surface area contributed by atoms with Crippen molar-refractivity contribution >= 4 is 11.9 Å². The van der Waals surface area contributed by atoms with Gasteiger partial charge >= 0.3 is 11.7 Å². The molecule has 0 saturated carbocycles. The van der Waals surface area contributed by atoms with E-state index in [1.165, 1.54) is 29.3 Å². The first kappa shape index (κ1) is 36.4. The minimum atomic E-state index is -0.727. The van der Waals surface area contributed by atoms with E-state index in [0.29, 0.717) is 32.8 Å². The van der Waals surface area contributed by atoms with Crippen LogP contribution in [0.25, 0.3) is 11.3 Å². The summed E-state index contributed by atoms with van der Waals surface area (Å²) in [6.45, 7) is 10.5. The summed E-state index contributed by atoms with van der Waals surface area (Å²) < 4.78 is 36.9. The molecule has 4 heterocycles. The van der Waals surface area contributed by atoms with Crippen molar-refractivity contribution in [3.05, 3.63) is 33.2 Å². The summed E-state index contributed by atoms with van der Waals surface area (Å²) in [5.41, 5.74) is -0.810. The van der Waals surface area contributed by atoms with Gasteiger partial charge in [-0.25, -0.2) is 9.48 Å². The van der Waals surface area contributed by atoms with Gasteiger partial charge in [-0.05, 0) is 18.3 Å². The summed E-state index contributed by atoms with van der Waals surface area (Å²) >= 11 is 0. The van der Waals surface area contributed by atoms with Crippen LogP contribution in [-0.2, 0) is 44.6 Å². The Morgan fingerprint density at radius 3 is 2.45 bits per heavy atom. The van der Waals surface area contributed by atoms with Crippen LogP contribution in [0.5, 0.6) is 0 Å². The number of amides is 1. The molecule has 8 atom stereocenters. The van der Waals surface area contributed by atoms with E-state index in [9.17, 15) is 24.3 Å². The molecule has 6 unspecified atom stereocenters. The van der Waals surface area contributed by atoms with Crippen LogP contribution in [0.4, 0.5) is 0 Å². The lowest BCUT2D eigenvalue weighted by Gasteiger charge is -2.44. The van der Waals surface area contributed by atoms with Gasteiger partial charge in [0.25, 0.3) is 5.56 Å². The molecule has 47 heavy (non-hydrogen) atoms. The van der Waals surface area contributed by atoms with Crippen molar-refractivity contribution in [1.82, 2.24) is 29.9 Å². The fourth-order valence-electron chi connectivity index (χ4n) is 5.63. The molecule has 0 spiro atoms. The van der Waals surface area contributed by atoms with Crippen molar-refractivity contribution in [3.8, 4) is 11.3 Å². The maximum atomic E-state index is 12.5. The second kappa shape index (κ2) is 17.1. The molecule has 0 bridgehead atoms. The van der Waals surface area contributed by atoms with Crippen LogP contribution in [0.3, 0.4) is 0 Å². The lowest BCUT2D eigenvalue weighted by Crippen LogP contribution is -2.58. The summed E-state index contributed by atoms with van der Waals surface area (Å²) in [6, 6.07) is -0.370. The molecule has 3 N–H and O–H groups in total. The predicted octanol–water partition coefficient (Wildman–Crippen LogP) is -0.0318. The largest absolute Gasteiger partial charge is 0.463 e. The van der Waals surface area contributed by atoms with Gasteiger partial charge < -0.3 is 38.8 Å². The first-order chi connectivity index (χ1) is 22.5. The maximum Gasteiger partial charge on any atom is 0.330 e. The van der Waals surface area contributed by atoms with Gasteiger partial charge in [-0.2, -0.15) is 0 Å². The first-order valence-electron chi connectivity index (χ1n) is 15.9. The molecule has 2 fully saturated rings. The number of carbonyl (C=O) groups is 2. The molecule has 262 valence electrons. The Kier molecular flexibility index (Phi) is 13.2. The third kappa shape index (κ3) is 9.77. The zero-order chi connectivity index (χ0) is 34.1. The Bertz CT molecular complexity index is 1440. The van der Waals surface area contributed by atoms with Crippen LogP contribution >= 0.6 is 0 Å². The molecule has 2 aliphatic heterocycles. The van der Waals surface area contributed by atoms with Crippen LogP contribution < -0.4 is 16.6 Å². The van der Waals surface area contributed by atoms with Gasteiger partial charge in [-0.15, -0.1) is 5.10 Å². The van der Waals surface area contributed by atoms with Crippen LogP contribution in [-0.4, -0.2) is 112 Å². The van der Waals surface area contributed by atoms with Gasteiger partial charge in [0.2, 0.25) is 5.91 Å². The standard InChI is InChI=1S/C30H46N6O11/c1-6-24-23(39)13-26(46-24)36-14-21(28(40)32-30(36)41)22-15-35(34-33-22)7-8-42-9-10-43-11-12-44-29-27(31-19(4)37)18(3)17(2)25(47-29)16-45-20(5)38/h14-15,17-18,23-27,29,39H,6-13,16H2,1-5H3,(H,31,37)(H,32,40,41)/t17?,18?,23?,24-,25?,26-,27?,29?/m1/s1. The maximum absolute atomic E-state index is 12.5. The molecule has 2 aromatic rings.